The number of nitro groups is 1. The second kappa shape index (κ2) is 9.39. The molecule has 168 valence electrons. The molecule has 4 aromatic rings. The van der Waals surface area contributed by atoms with E-state index in [0.717, 1.165) is 5.56 Å². The number of hydrogen-bond acceptors (Lipinski definition) is 8. The van der Waals surface area contributed by atoms with E-state index in [1.807, 2.05) is 42.3 Å². The van der Waals surface area contributed by atoms with Crippen molar-refractivity contribution in [2.24, 2.45) is 0 Å². The van der Waals surface area contributed by atoms with Gasteiger partial charge < -0.3 is 18.9 Å². The highest BCUT2D eigenvalue weighted by molar-refractivity contribution is 5.71. The minimum Gasteiger partial charge on any atom is -0.493 e. The van der Waals surface area contributed by atoms with Crippen LogP contribution in [0.1, 0.15) is 5.56 Å². The zero-order valence-corrected chi connectivity index (χ0v) is 18.4. The van der Waals surface area contributed by atoms with Gasteiger partial charge in [0.25, 0.3) is 11.6 Å². The number of methoxy groups -OCH3 is 2. The number of benzene rings is 3. The summed E-state index contributed by atoms with van der Waals surface area (Å²) in [5.41, 5.74) is 2.62. The summed E-state index contributed by atoms with van der Waals surface area (Å²) in [5.74, 6) is 1.62. The van der Waals surface area contributed by atoms with Crippen molar-refractivity contribution in [1.82, 2.24) is 10.1 Å². The van der Waals surface area contributed by atoms with Crippen molar-refractivity contribution in [2.75, 3.05) is 26.2 Å². The summed E-state index contributed by atoms with van der Waals surface area (Å²) in [4.78, 5) is 17.6. The van der Waals surface area contributed by atoms with E-state index in [0.29, 0.717) is 40.7 Å². The molecule has 1 heterocycles. The van der Waals surface area contributed by atoms with E-state index in [2.05, 4.69) is 10.1 Å². The van der Waals surface area contributed by atoms with Crippen LogP contribution in [0, 0.1) is 10.1 Å². The van der Waals surface area contributed by atoms with Gasteiger partial charge in [0.05, 0.1) is 19.1 Å². The molecular formula is C24H22N4O5. The molecule has 0 spiro atoms. The molecule has 0 saturated carbocycles. The molecule has 0 aliphatic rings. The summed E-state index contributed by atoms with van der Waals surface area (Å²) >= 11 is 0. The van der Waals surface area contributed by atoms with Crippen molar-refractivity contribution < 1.29 is 18.9 Å². The van der Waals surface area contributed by atoms with Gasteiger partial charge in [-0.05, 0) is 35.9 Å². The van der Waals surface area contributed by atoms with E-state index >= 15 is 0 Å². The van der Waals surface area contributed by atoms with E-state index < -0.39 is 4.92 Å². The lowest BCUT2D eigenvalue weighted by atomic mass is 10.1. The summed E-state index contributed by atoms with van der Waals surface area (Å²) in [6, 6.07) is 19.9. The summed E-state index contributed by atoms with van der Waals surface area (Å²) in [6.45, 7) is 0.533. The highest BCUT2D eigenvalue weighted by Gasteiger charge is 2.21. The average molecular weight is 446 g/mol. The van der Waals surface area contributed by atoms with Crippen molar-refractivity contribution in [2.45, 2.75) is 6.54 Å². The van der Waals surface area contributed by atoms with Crippen LogP contribution in [0.25, 0.3) is 22.8 Å². The molecule has 0 amide bonds. The summed E-state index contributed by atoms with van der Waals surface area (Å²) in [5, 5.41) is 15.8. The van der Waals surface area contributed by atoms with Crippen LogP contribution in [-0.2, 0) is 6.54 Å². The van der Waals surface area contributed by atoms with Crippen LogP contribution in [0.4, 0.5) is 11.4 Å². The fraction of sp³-hybridized carbons (Fsp3) is 0.167. The molecule has 33 heavy (non-hydrogen) atoms. The zero-order chi connectivity index (χ0) is 23.4. The quantitative estimate of drug-likeness (QED) is 0.276. The number of rotatable bonds is 8. The lowest BCUT2D eigenvalue weighted by Crippen LogP contribution is -2.17. The molecule has 0 bridgehead atoms. The van der Waals surface area contributed by atoms with Gasteiger partial charge in [-0.1, -0.05) is 35.5 Å². The predicted octanol–water partition coefficient (Wildman–Crippen LogP) is 4.97. The van der Waals surface area contributed by atoms with E-state index in [1.54, 1.807) is 44.6 Å². The number of aromatic nitrogens is 2. The molecule has 0 N–H and O–H groups in total. The minimum atomic E-state index is -0.411. The van der Waals surface area contributed by atoms with Gasteiger partial charge in [-0.15, -0.1) is 0 Å². The van der Waals surface area contributed by atoms with Gasteiger partial charge in [-0.2, -0.15) is 4.98 Å². The highest BCUT2D eigenvalue weighted by Crippen LogP contribution is 2.35. The standard InChI is InChI=1S/C24H22N4O5/c1-27(15-16-7-5-4-6-8-16)19-11-9-18(13-20(19)28(29)30)24-25-23(26-33-24)17-10-12-21(31-2)22(14-17)32-3/h4-14H,15H2,1-3H3. The van der Waals surface area contributed by atoms with Crippen LogP contribution in [0.5, 0.6) is 11.5 Å². The first kappa shape index (κ1) is 21.8. The number of anilines is 1. The van der Waals surface area contributed by atoms with Crippen molar-refractivity contribution >= 4 is 11.4 Å². The smallest absolute Gasteiger partial charge is 0.293 e. The predicted molar refractivity (Wildman–Crippen MR) is 123 cm³/mol. The van der Waals surface area contributed by atoms with Crippen LogP contribution >= 0.6 is 0 Å². The molecule has 0 radical (unpaired) electrons. The fourth-order valence-corrected chi connectivity index (χ4v) is 3.50. The molecule has 1 aromatic heterocycles. The van der Waals surface area contributed by atoms with E-state index in [-0.39, 0.29) is 11.6 Å². The van der Waals surface area contributed by atoms with Crippen LogP contribution in [0.15, 0.2) is 71.3 Å². The number of ether oxygens (including phenoxy) is 2. The van der Waals surface area contributed by atoms with Crippen molar-refractivity contribution in [1.29, 1.82) is 0 Å². The SMILES string of the molecule is COc1ccc(-c2noc(-c3ccc(N(C)Cc4ccccc4)c([N+](=O)[O-])c3)n2)cc1OC. The Morgan fingerprint density at radius 1 is 0.970 bits per heavy atom. The van der Waals surface area contributed by atoms with Crippen molar-refractivity contribution in [3.05, 3.63) is 82.4 Å². The van der Waals surface area contributed by atoms with Gasteiger partial charge in [-0.25, -0.2) is 0 Å². The van der Waals surface area contributed by atoms with Gasteiger partial charge >= 0.3 is 0 Å². The van der Waals surface area contributed by atoms with Crippen LogP contribution < -0.4 is 14.4 Å². The number of hydrogen-bond donors (Lipinski definition) is 0. The highest BCUT2D eigenvalue weighted by atomic mass is 16.6. The molecule has 0 atom stereocenters. The van der Waals surface area contributed by atoms with Gasteiger partial charge in [0.15, 0.2) is 11.5 Å². The first-order valence-electron chi connectivity index (χ1n) is 10.1. The van der Waals surface area contributed by atoms with Crippen LogP contribution in [0.3, 0.4) is 0 Å². The third kappa shape index (κ3) is 4.62. The molecule has 0 saturated heterocycles. The second-order valence-electron chi connectivity index (χ2n) is 7.30. The van der Waals surface area contributed by atoms with Gasteiger partial charge in [0.1, 0.15) is 5.69 Å². The Morgan fingerprint density at radius 3 is 2.39 bits per heavy atom. The third-order valence-electron chi connectivity index (χ3n) is 5.16. The second-order valence-corrected chi connectivity index (χ2v) is 7.30. The van der Waals surface area contributed by atoms with Gasteiger partial charge in [-0.3, -0.25) is 10.1 Å². The van der Waals surface area contributed by atoms with Crippen molar-refractivity contribution in [3.63, 3.8) is 0 Å². The Hall–Kier alpha value is -4.40. The van der Waals surface area contributed by atoms with Gasteiger partial charge in [0, 0.05) is 30.8 Å². The maximum Gasteiger partial charge on any atom is 0.293 e. The maximum absolute atomic E-state index is 11.8. The first-order valence-corrected chi connectivity index (χ1v) is 10.1. The zero-order valence-electron chi connectivity index (χ0n) is 18.4. The van der Waals surface area contributed by atoms with E-state index in [9.17, 15) is 10.1 Å². The topological polar surface area (TPSA) is 104 Å². The minimum absolute atomic E-state index is 0.0446. The summed E-state index contributed by atoms with van der Waals surface area (Å²) < 4.78 is 16.0. The Kier molecular flexibility index (Phi) is 6.21. The molecule has 0 unspecified atom stereocenters. The summed E-state index contributed by atoms with van der Waals surface area (Å²) in [6.07, 6.45) is 0. The molecule has 9 heteroatoms. The Bertz CT molecular complexity index is 1270. The molecule has 9 nitrogen and oxygen atoms in total. The largest absolute Gasteiger partial charge is 0.493 e. The van der Waals surface area contributed by atoms with Crippen LogP contribution in [0.2, 0.25) is 0 Å². The molecule has 3 aromatic carbocycles. The molecule has 0 aliphatic carbocycles. The lowest BCUT2D eigenvalue weighted by Gasteiger charge is -2.19. The first-order chi connectivity index (χ1) is 16.0. The Morgan fingerprint density at radius 2 is 1.70 bits per heavy atom. The molecule has 0 fully saturated rings. The monoisotopic (exact) mass is 446 g/mol. The van der Waals surface area contributed by atoms with Crippen LogP contribution in [-0.4, -0.2) is 36.3 Å². The van der Waals surface area contributed by atoms with Crippen molar-refractivity contribution in [3.8, 4) is 34.3 Å². The number of nitrogens with zero attached hydrogens (tertiary/aromatic N) is 4. The summed E-state index contributed by atoms with van der Waals surface area (Å²) in [7, 11) is 4.91. The lowest BCUT2D eigenvalue weighted by molar-refractivity contribution is -0.384. The van der Waals surface area contributed by atoms with Gasteiger partial charge in [0.2, 0.25) is 5.82 Å². The normalized spacial score (nSPS) is 10.6. The fourth-order valence-electron chi connectivity index (χ4n) is 3.50. The Balaban J connectivity index is 1.63. The average Bonchev–Trinajstić information content (AvgIpc) is 3.34. The third-order valence-corrected chi connectivity index (χ3v) is 5.16. The maximum atomic E-state index is 11.8. The molecule has 0 aliphatic heterocycles. The Labute approximate surface area is 190 Å². The van der Waals surface area contributed by atoms with E-state index in [1.165, 1.54) is 6.07 Å². The molecular weight excluding hydrogens is 424 g/mol. The molecule has 4 rings (SSSR count). The number of nitro benzene ring substituents is 1. The van der Waals surface area contributed by atoms with E-state index in [4.69, 9.17) is 14.0 Å².